The van der Waals surface area contributed by atoms with Crippen molar-refractivity contribution in [2.45, 2.75) is 10.1 Å². The minimum Gasteiger partial charge on any atom is -0.493 e. The number of amides is 3. The van der Waals surface area contributed by atoms with Crippen LogP contribution in [-0.2, 0) is 9.59 Å². The molecule has 1 atom stereocenters. The number of carbonyl (C=O) groups excluding carboxylic acids is 3. The number of thiazole rings is 1. The third-order valence-electron chi connectivity index (χ3n) is 7.81. The normalized spacial score (nSPS) is 11.6. The van der Waals surface area contributed by atoms with E-state index < -0.39 is 17.1 Å². The van der Waals surface area contributed by atoms with Crippen LogP contribution in [0.15, 0.2) is 148 Å². The number of carbonyl (C=O) groups is 3. The maximum atomic E-state index is 13.8. The van der Waals surface area contributed by atoms with E-state index in [2.05, 4.69) is 36.9 Å². The van der Waals surface area contributed by atoms with Gasteiger partial charge in [0, 0.05) is 31.6 Å². The first-order chi connectivity index (χ1) is 25.8. The molecule has 0 aliphatic carbocycles. The van der Waals surface area contributed by atoms with Crippen molar-refractivity contribution in [2.24, 2.45) is 0 Å². The summed E-state index contributed by atoms with van der Waals surface area (Å²) in [5.74, 6) is -0.238. The van der Waals surface area contributed by atoms with Crippen LogP contribution in [0.2, 0.25) is 0 Å². The molecule has 0 saturated carbocycles. The Morgan fingerprint density at radius 3 is 2.23 bits per heavy atom. The number of anilines is 2. The van der Waals surface area contributed by atoms with Gasteiger partial charge in [0.2, 0.25) is 5.91 Å². The molecular weight excluding hydrogens is 773 g/mol. The first kappa shape index (κ1) is 37.1. The van der Waals surface area contributed by atoms with Gasteiger partial charge in [0.25, 0.3) is 11.8 Å². The minimum absolute atomic E-state index is 0.0108. The van der Waals surface area contributed by atoms with Crippen LogP contribution in [0.3, 0.4) is 0 Å². The van der Waals surface area contributed by atoms with Crippen molar-refractivity contribution in [3.63, 3.8) is 0 Å². The monoisotopic (exact) mass is 804 g/mol. The van der Waals surface area contributed by atoms with Crippen LogP contribution in [0.4, 0.5) is 10.8 Å². The van der Waals surface area contributed by atoms with Gasteiger partial charge in [-0.3, -0.25) is 14.4 Å². The second-order valence-electron chi connectivity index (χ2n) is 11.4. The Balaban J connectivity index is 1.22. The zero-order valence-corrected chi connectivity index (χ0v) is 31.8. The lowest BCUT2D eigenvalue weighted by Crippen LogP contribution is -2.30. The van der Waals surface area contributed by atoms with Gasteiger partial charge in [-0.25, -0.2) is 4.98 Å². The van der Waals surface area contributed by atoms with E-state index in [1.807, 2.05) is 66.0 Å². The second kappa shape index (κ2) is 17.7. The largest absolute Gasteiger partial charge is 0.493 e. The molecule has 3 amide bonds. The van der Waals surface area contributed by atoms with Gasteiger partial charge in [0.05, 0.1) is 19.9 Å². The van der Waals surface area contributed by atoms with Gasteiger partial charge in [-0.1, -0.05) is 88.7 Å². The summed E-state index contributed by atoms with van der Waals surface area (Å²) in [6.07, 6.45) is 1.56. The highest BCUT2D eigenvalue weighted by Crippen LogP contribution is 2.38. The molecule has 6 rings (SSSR count). The smallest absolute Gasteiger partial charge is 0.272 e. The van der Waals surface area contributed by atoms with E-state index in [9.17, 15) is 14.4 Å². The van der Waals surface area contributed by atoms with Gasteiger partial charge >= 0.3 is 0 Å². The third-order valence-corrected chi connectivity index (χ3v) is 10.3. The second-order valence-corrected chi connectivity index (χ2v) is 14.4. The lowest BCUT2D eigenvalue weighted by atomic mass is 10.1. The average Bonchev–Trinajstić information content (AvgIpc) is 3.65. The van der Waals surface area contributed by atoms with E-state index in [4.69, 9.17) is 9.47 Å². The zero-order chi connectivity index (χ0) is 37.2. The number of nitrogens with one attached hydrogen (secondary N) is 3. The number of aromatic nitrogens is 1. The summed E-state index contributed by atoms with van der Waals surface area (Å²) in [4.78, 5) is 46.2. The predicted octanol–water partition coefficient (Wildman–Crippen LogP) is 9.47. The van der Waals surface area contributed by atoms with E-state index in [1.54, 1.807) is 72.8 Å². The number of halogens is 1. The fraction of sp³-hybridized carbons (Fsp3) is 0.0732. The third kappa shape index (κ3) is 9.80. The fourth-order valence-corrected chi connectivity index (χ4v) is 7.26. The number of ether oxygens (including phenoxy) is 2. The van der Waals surface area contributed by atoms with Crippen molar-refractivity contribution in [1.82, 2.24) is 10.3 Å². The predicted molar refractivity (Wildman–Crippen MR) is 215 cm³/mol. The van der Waals surface area contributed by atoms with Gasteiger partial charge in [-0.15, -0.1) is 23.1 Å². The lowest BCUT2D eigenvalue weighted by Gasteiger charge is -2.17. The molecule has 9 nitrogen and oxygen atoms in total. The van der Waals surface area contributed by atoms with Gasteiger partial charge in [-0.2, -0.15) is 0 Å². The molecular formula is C41H33BrN4O5S2. The van der Waals surface area contributed by atoms with Crippen molar-refractivity contribution in [3.05, 3.63) is 160 Å². The molecule has 266 valence electrons. The maximum absolute atomic E-state index is 13.8. The topological polar surface area (TPSA) is 119 Å². The van der Waals surface area contributed by atoms with E-state index in [0.717, 1.165) is 26.2 Å². The summed E-state index contributed by atoms with van der Waals surface area (Å²) < 4.78 is 11.8. The number of hydrogen-bond acceptors (Lipinski definition) is 8. The summed E-state index contributed by atoms with van der Waals surface area (Å²) in [7, 11) is 3.06. The minimum atomic E-state index is -0.632. The highest BCUT2D eigenvalue weighted by molar-refractivity contribution is 9.10. The van der Waals surface area contributed by atoms with Crippen molar-refractivity contribution in [2.75, 3.05) is 24.9 Å². The number of methoxy groups -OCH3 is 2. The van der Waals surface area contributed by atoms with Gasteiger partial charge in [-0.05, 0) is 71.8 Å². The van der Waals surface area contributed by atoms with E-state index in [-0.39, 0.29) is 11.6 Å². The summed E-state index contributed by atoms with van der Waals surface area (Å²) in [5, 5.41) is 10.4. The number of rotatable bonds is 13. The molecule has 12 heteroatoms. The Morgan fingerprint density at radius 2 is 1.51 bits per heavy atom. The van der Waals surface area contributed by atoms with Gasteiger partial charge in [0.1, 0.15) is 10.9 Å². The fourth-order valence-electron chi connectivity index (χ4n) is 5.19. The van der Waals surface area contributed by atoms with E-state index in [1.165, 1.54) is 37.3 Å². The van der Waals surface area contributed by atoms with Crippen molar-refractivity contribution < 1.29 is 23.9 Å². The van der Waals surface area contributed by atoms with Crippen molar-refractivity contribution >= 4 is 73.6 Å². The molecule has 1 heterocycles. The van der Waals surface area contributed by atoms with Crippen LogP contribution in [0.25, 0.3) is 17.3 Å². The van der Waals surface area contributed by atoms with Crippen molar-refractivity contribution in [1.29, 1.82) is 0 Å². The number of hydrogen-bond donors (Lipinski definition) is 3. The van der Waals surface area contributed by atoms with Crippen LogP contribution in [0, 0.1) is 0 Å². The van der Waals surface area contributed by atoms with Crippen LogP contribution >= 0.6 is 39.0 Å². The number of nitrogens with zero attached hydrogens (tertiary/aromatic N) is 1. The molecule has 0 spiro atoms. The number of benzene rings is 5. The Bertz CT molecular complexity index is 2250. The van der Waals surface area contributed by atoms with Crippen LogP contribution in [-0.4, -0.2) is 36.9 Å². The van der Waals surface area contributed by atoms with Crippen LogP contribution in [0.5, 0.6) is 11.5 Å². The first-order valence-electron chi connectivity index (χ1n) is 16.2. The maximum Gasteiger partial charge on any atom is 0.272 e. The first-order valence-corrected chi connectivity index (χ1v) is 18.8. The molecule has 5 aromatic carbocycles. The van der Waals surface area contributed by atoms with Crippen LogP contribution in [0.1, 0.15) is 26.7 Å². The van der Waals surface area contributed by atoms with E-state index >= 15 is 0 Å². The van der Waals surface area contributed by atoms with Crippen molar-refractivity contribution in [3.8, 4) is 22.8 Å². The Morgan fingerprint density at radius 1 is 0.792 bits per heavy atom. The summed E-state index contributed by atoms with van der Waals surface area (Å²) in [6.45, 7) is 0. The summed E-state index contributed by atoms with van der Waals surface area (Å²) in [6, 6.07) is 38.3. The SMILES string of the molecule is COc1ccc(/C=C(/NC(=O)c2ccccc2)C(=O)Nc2cccc(SC(C(=O)Nc3nc(-c4ccc(Br)cc4)cs3)c3ccccc3)c2)cc1OC. The van der Waals surface area contributed by atoms with Gasteiger partial charge in [0.15, 0.2) is 16.6 Å². The summed E-state index contributed by atoms with van der Waals surface area (Å²) >= 11 is 6.15. The molecule has 53 heavy (non-hydrogen) atoms. The van der Waals surface area contributed by atoms with Gasteiger partial charge < -0.3 is 25.4 Å². The molecule has 0 aliphatic heterocycles. The molecule has 3 N–H and O–H groups in total. The zero-order valence-electron chi connectivity index (χ0n) is 28.5. The molecule has 0 bridgehead atoms. The van der Waals surface area contributed by atoms with E-state index in [0.29, 0.717) is 33.4 Å². The molecule has 0 fully saturated rings. The average molecular weight is 806 g/mol. The molecule has 0 radical (unpaired) electrons. The molecule has 0 aliphatic rings. The Kier molecular flexibility index (Phi) is 12.4. The lowest BCUT2D eigenvalue weighted by molar-refractivity contribution is -0.116. The summed E-state index contributed by atoms with van der Waals surface area (Å²) in [5.41, 5.74) is 3.99. The molecule has 1 aromatic heterocycles. The molecule has 0 saturated heterocycles. The quantitative estimate of drug-likeness (QED) is 0.0787. The Hall–Kier alpha value is -5.69. The molecule has 6 aromatic rings. The number of thioether (sulfide) groups is 1. The Labute approximate surface area is 323 Å². The highest BCUT2D eigenvalue weighted by Gasteiger charge is 2.24. The molecule has 1 unspecified atom stereocenters. The highest BCUT2D eigenvalue weighted by atomic mass is 79.9. The van der Waals surface area contributed by atoms with Crippen LogP contribution < -0.4 is 25.4 Å². The standard InChI is InChI=1S/C41H33BrN4O5S2/c1-50-35-21-16-26(23-36(35)51-2)22-33(44-38(47)29-12-7-4-8-13-29)39(48)43-31-14-9-15-32(24-31)53-37(28-10-5-3-6-11-28)40(49)46-41-45-34(25-52-41)27-17-19-30(42)20-18-27/h3-25,37H,1-2H3,(H,43,48)(H,44,47)(H,45,46,49)/b33-22+.